The first kappa shape index (κ1) is 15.6. The highest BCUT2D eigenvalue weighted by Crippen LogP contribution is 2.23. The minimum atomic E-state index is -0.801. The van der Waals surface area contributed by atoms with Gasteiger partial charge < -0.3 is 5.32 Å². The van der Waals surface area contributed by atoms with Gasteiger partial charge in [-0.05, 0) is 37.9 Å². The van der Waals surface area contributed by atoms with Crippen molar-refractivity contribution in [3.8, 4) is 0 Å². The summed E-state index contributed by atoms with van der Waals surface area (Å²) in [5.74, 6) is -1.56. The maximum Gasteiger partial charge on any atom is 0.162 e. The summed E-state index contributed by atoms with van der Waals surface area (Å²) >= 11 is 0. The first-order valence-electron chi connectivity index (χ1n) is 7.19. The Morgan fingerprint density at radius 3 is 2.71 bits per heavy atom. The maximum atomic E-state index is 13.9. The topological polar surface area (TPSA) is 29.9 Å². The van der Waals surface area contributed by atoms with Gasteiger partial charge in [-0.3, -0.25) is 4.68 Å². The molecular formula is C16H21F2N3. The van der Waals surface area contributed by atoms with E-state index in [0.29, 0.717) is 12.0 Å². The van der Waals surface area contributed by atoms with Crippen molar-refractivity contribution in [2.75, 3.05) is 6.54 Å². The molecule has 2 rings (SSSR count). The lowest BCUT2D eigenvalue weighted by atomic mass is 9.98. The molecule has 3 nitrogen and oxygen atoms in total. The number of rotatable bonds is 6. The molecule has 0 bridgehead atoms. The molecule has 1 N–H and O–H groups in total. The van der Waals surface area contributed by atoms with Crippen LogP contribution in [0.15, 0.2) is 24.4 Å². The molecule has 114 valence electrons. The normalized spacial score (nSPS) is 12.6. The van der Waals surface area contributed by atoms with E-state index in [1.807, 2.05) is 14.0 Å². The van der Waals surface area contributed by atoms with E-state index in [4.69, 9.17) is 0 Å². The van der Waals surface area contributed by atoms with Crippen molar-refractivity contribution < 1.29 is 8.78 Å². The third kappa shape index (κ3) is 3.47. The number of hydrogen-bond donors (Lipinski definition) is 1. The van der Waals surface area contributed by atoms with E-state index in [1.165, 1.54) is 0 Å². The average Bonchev–Trinajstić information content (AvgIpc) is 2.80. The van der Waals surface area contributed by atoms with Gasteiger partial charge >= 0.3 is 0 Å². The smallest absolute Gasteiger partial charge is 0.162 e. The lowest BCUT2D eigenvalue weighted by molar-refractivity contribution is 0.476. The molecule has 0 saturated carbocycles. The Morgan fingerprint density at radius 2 is 2.10 bits per heavy atom. The Morgan fingerprint density at radius 1 is 1.33 bits per heavy atom. The van der Waals surface area contributed by atoms with Gasteiger partial charge in [0.25, 0.3) is 0 Å². The predicted octanol–water partition coefficient (Wildman–Crippen LogP) is 3.29. The quantitative estimate of drug-likeness (QED) is 0.885. The second-order valence-electron chi connectivity index (χ2n) is 5.23. The zero-order valence-corrected chi connectivity index (χ0v) is 12.7. The number of nitrogens with zero attached hydrogens (tertiary/aromatic N) is 2. The van der Waals surface area contributed by atoms with Crippen LogP contribution >= 0.6 is 0 Å². The summed E-state index contributed by atoms with van der Waals surface area (Å²) in [6, 6.07) is 4.24. The number of halogens is 2. The third-order valence-corrected chi connectivity index (χ3v) is 3.74. The van der Waals surface area contributed by atoms with Crippen molar-refractivity contribution in [1.29, 1.82) is 0 Å². The van der Waals surface area contributed by atoms with Crippen LogP contribution < -0.4 is 5.32 Å². The lowest BCUT2D eigenvalue weighted by Gasteiger charge is -2.19. The first-order chi connectivity index (χ1) is 10.0. The molecule has 0 aliphatic carbocycles. The number of aromatic nitrogens is 2. The molecule has 1 heterocycles. The molecule has 0 fully saturated rings. The Balaban J connectivity index is 2.28. The van der Waals surface area contributed by atoms with Crippen molar-refractivity contribution in [1.82, 2.24) is 15.1 Å². The van der Waals surface area contributed by atoms with E-state index in [-0.39, 0.29) is 6.04 Å². The number of hydrogen-bond acceptors (Lipinski definition) is 2. The highest BCUT2D eigenvalue weighted by molar-refractivity contribution is 5.26. The van der Waals surface area contributed by atoms with E-state index < -0.39 is 11.6 Å². The van der Waals surface area contributed by atoms with Crippen LogP contribution in [0.3, 0.4) is 0 Å². The van der Waals surface area contributed by atoms with Crippen LogP contribution in [-0.4, -0.2) is 16.3 Å². The Bertz CT molecular complexity index is 608. The van der Waals surface area contributed by atoms with Gasteiger partial charge in [-0.2, -0.15) is 5.10 Å². The summed E-state index contributed by atoms with van der Waals surface area (Å²) in [6.07, 6.45) is 3.16. The fourth-order valence-corrected chi connectivity index (χ4v) is 2.39. The van der Waals surface area contributed by atoms with Gasteiger partial charge in [-0.15, -0.1) is 0 Å². The zero-order valence-electron chi connectivity index (χ0n) is 12.7. The molecule has 0 amide bonds. The van der Waals surface area contributed by atoms with Crippen molar-refractivity contribution in [2.24, 2.45) is 7.05 Å². The van der Waals surface area contributed by atoms with Gasteiger partial charge in [0.1, 0.15) is 0 Å². The van der Waals surface area contributed by atoms with Crippen molar-refractivity contribution in [3.05, 3.63) is 52.9 Å². The average molecular weight is 293 g/mol. The Hall–Kier alpha value is -1.75. The molecule has 5 heteroatoms. The molecule has 0 radical (unpaired) electrons. The molecular weight excluding hydrogens is 272 g/mol. The molecule has 1 aromatic heterocycles. The molecule has 1 atom stereocenters. The highest BCUT2D eigenvalue weighted by atomic mass is 19.2. The summed E-state index contributed by atoms with van der Waals surface area (Å²) in [7, 11) is 1.87. The Labute approximate surface area is 124 Å². The molecule has 21 heavy (non-hydrogen) atoms. The van der Waals surface area contributed by atoms with Crippen LogP contribution in [0, 0.1) is 18.6 Å². The predicted molar refractivity (Wildman–Crippen MR) is 79.0 cm³/mol. The number of aryl methyl sites for hydroxylation is 1. The minimum absolute atomic E-state index is 0.0741. The molecule has 1 unspecified atom stereocenters. The lowest BCUT2D eigenvalue weighted by Crippen LogP contribution is -2.25. The standard InChI is InChI=1S/C16H21F2N3/c1-4-8-19-15(13-10-20-21(3)11(13)2)9-12-6-5-7-14(17)16(12)18/h5-7,10,15,19H,4,8-9H2,1-3H3. The zero-order chi connectivity index (χ0) is 15.4. The van der Waals surface area contributed by atoms with E-state index in [9.17, 15) is 8.78 Å². The van der Waals surface area contributed by atoms with Gasteiger partial charge in [0.05, 0.1) is 6.20 Å². The SMILES string of the molecule is CCCNC(Cc1cccc(F)c1F)c1cnn(C)c1C. The van der Waals surface area contributed by atoms with E-state index in [0.717, 1.165) is 30.3 Å². The monoisotopic (exact) mass is 293 g/mol. The van der Waals surface area contributed by atoms with E-state index in [1.54, 1.807) is 23.0 Å². The van der Waals surface area contributed by atoms with E-state index in [2.05, 4.69) is 17.3 Å². The summed E-state index contributed by atoms with van der Waals surface area (Å²) < 4.78 is 29.0. The summed E-state index contributed by atoms with van der Waals surface area (Å²) in [4.78, 5) is 0. The molecule has 0 saturated heterocycles. The van der Waals surface area contributed by atoms with Crippen LogP contribution in [0.25, 0.3) is 0 Å². The third-order valence-electron chi connectivity index (χ3n) is 3.74. The second-order valence-corrected chi connectivity index (χ2v) is 5.23. The molecule has 2 aromatic rings. The fourth-order valence-electron chi connectivity index (χ4n) is 2.39. The van der Waals surface area contributed by atoms with Gasteiger partial charge in [0.2, 0.25) is 0 Å². The maximum absolute atomic E-state index is 13.9. The summed E-state index contributed by atoms with van der Waals surface area (Å²) in [5, 5.41) is 7.63. The van der Waals surface area contributed by atoms with Gasteiger partial charge in [0, 0.05) is 24.3 Å². The van der Waals surface area contributed by atoms with Crippen LogP contribution in [-0.2, 0) is 13.5 Å². The second kappa shape index (κ2) is 6.80. The van der Waals surface area contributed by atoms with Crippen molar-refractivity contribution in [2.45, 2.75) is 32.7 Å². The molecule has 0 aliphatic rings. The Kier molecular flexibility index (Phi) is 5.07. The fraction of sp³-hybridized carbons (Fsp3) is 0.438. The molecule has 0 spiro atoms. The van der Waals surface area contributed by atoms with Gasteiger partial charge in [-0.1, -0.05) is 19.1 Å². The van der Waals surface area contributed by atoms with E-state index >= 15 is 0 Å². The van der Waals surface area contributed by atoms with Crippen molar-refractivity contribution >= 4 is 0 Å². The number of benzene rings is 1. The first-order valence-corrected chi connectivity index (χ1v) is 7.19. The van der Waals surface area contributed by atoms with Crippen LogP contribution in [0.4, 0.5) is 8.78 Å². The van der Waals surface area contributed by atoms with Gasteiger partial charge in [0.15, 0.2) is 11.6 Å². The summed E-state index contributed by atoms with van der Waals surface area (Å²) in [6.45, 7) is 4.86. The largest absolute Gasteiger partial charge is 0.310 e. The summed E-state index contributed by atoms with van der Waals surface area (Å²) in [5.41, 5.74) is 2.43. The van der Waals surface area contributed by atoms with Crippen LogP contribution in [0.1, 0.15) is 36.2 Å². The van der Waals surface area contributed by atoms with Crippen LogP contribution in [0.5, 0.6) is 0 Å². The van der Waals surface area contributed by atoms with Gasteiger partial charge in [-0.25, -0.2) is 8.78 Å². The van der Waals surface area contributed by atoms with Crippen molar-refractivity contribution in [3.63, 3.8) is 0 Å². The molecule has 1 aromatic carbocycles. The minimum Gasteiger partial charge on any atom is -0.310 e. The highest BCUT2D eigenvalue weighted by Gasteiger charge is 2.19. The molecule has 0 aliphatic heterocycles. The van der Waals surface area contributed by atoms with Crippen LogP contribution in [0.2, 0.25) is 0 Å². The number of nitrogens with one attached hydrogen (secondary N) is 1.